The van der Waals surface area contributed by atoms with Gasteiger partial charge in [0.05, 0.1) is 16.0 Å². The van der Waals surface area contributed by atoms with E-state index in [0.29, 0.717) is 20.5 Å². The van der Waals surface area contributed by atoms with Crippen LogP contribution in [0.1, 0.15) is 18.6 Å². The lowest BCUT2D eigenvalue weighted by Gasteiger charge is -2.12. The van der Waals surface area contributed by atoms with E-state index in [4.69, 9.17) is 11.6 Å². The molecular formula is C13H11ClFNOS. The molecule has 2 nitrogen and oxygen atoms in total. The molecule has 0 bridgehead atoms. The van der Waals surface area contributed by atoms with E-state index < -0.39 is 6.10 Å². The zero-order valence-electron chi connectivity index (χ0n) is 9.60. The molecular weight excluding hydrogens is 273 g/mol. The van der Waals surface area contributed by atoms with Crippen molar-refractivity contribution in [3.63, 3.8) is 0 Å². The molecule has 0 radical (unpaired) electrons. The molecule has 2 rings (SSSR count). The van der Waals surface area contributed by atoms with Gasteiger partial charge in [0.25, 0.3) is 0 Å². The zero-order chi connectivity index (χ0) is 13.1. The highest BCUT2D eigenvalue weighted by atomic mass is 35.5. The van der Waals surface area contributed by atoms with Gasteiger partial charge in [-0.1, -0.05) is 35.5 Å². The highest BCUT2D eigenvalue weighted by molar-refractivity contribution is 7.99. The quantitative estimate of drug-likeness (QED) is 0.921. The third-order valence-corrected chi connectivity index (χ3v) is 3.94. The molecule has 0 unspecified atom stereocenters. The van der Waals surface area contributed by atoms with Crippen LogP contribution in [-0.4, -0.2) is 10.1 Å². The summed E-state index contributed by atoms with van der Waals surface area (Å²) in [5, 5.41) is 10.6. The van der Waals surface area contributed by atoms with E-state index in [0.717, 1.165) is 11.8 Å². The maximum Gasteiger partial charge on any atom is 0.137 e. The molecule has 0 aliphatic heterocycles. The highest BCUT2D eigenvalue weighted by Crippen LogP contribution is 2.37. The number of rotatable bonds is 3. The van der Waals surface area contributed by atoms with Crippen LogP contribution >= 0.6 is 23.4 Å². The molecule has 0 saturated heterocycles. The van der Waals surface area contributed by atoms with E-state index >= 15 is 0 Å². The van der Waals surface area contributed by atoms with Gasteiger partial charge in [-0.05, 0) is 30.7 Å². The van der Waals surface area contributed by atoms with Crippen molar-refractivity contribution in [1.29, 1.82) is 0 Å². The number of hydrogen-bond acceptors (Lipinski definition) is 3. The molecule has 18 heavy (non-hydrogen) atoms. The summed E-state index contributed by atoms with van der Waals surface area (Å²) in [5.74, 6) is -0.389. The summed E-state index contributed by atoms with van der Waals surface area (Å²) in [4.78, 5) is 4.45. The molecule has 0 amide bonds. The normalized spacial score (nSPS) is 12.4. The van der Waals surface area contributed by atoms with Gasteiger partial charge in [0.1, 0.15) is 10.8 Å². The van der Waals surface area contributed by atoms with Crippen LogP contribution in [0.5, 0.6) is 0 Å². The van der Waals surface area contributed by atoms with Crippen molar-refractivity contribution in [1.82, 2.24) is 4.98 Å². The van der Waals surface area contributed by atoms with E-state index in [9.17, 15) is 9.50 Å². The van der Waals surface area contributed by atoms with Crippen molar-refractivity contribution in [2.24, 2.45) is 0 Å². The molecule has 0 aliphatic rings. The largest absolute Gasteiger partial charge is 0.389 e. The number of pyridine rings is 1. The predicted octanol–water partition coefficient (Wildman–Crippen LogP) is 4.08. The molecule has 0 spiro atoms. The highest BCUT2D eigenvalue weighted by Gasteiger charge is 2.15. The first-order chi connectivity index (χ1) is 8.59. The fraction of sp³-hybridized carbons (Fsp3) is 0.154. The number of nitrogens with zero attached hydrogens (tertiary/aromatic N) is 1. The Bertz CT molecular complexity index is 562. The van der Waals surface area contributed by atoms with Crippen LogP contribution in [0.15, 0.2) is 46.5 Å². The van der Waals surface area contributed by atoms with Crippen LogP contribution in [0, 0.1) is 5.82 Å². The van der Waals surface area contributed by atoms with Crippen molar-refractivity contribution in [3.8, 4) is 0 Å². The third kappa shape index (κ3) is 2.83. The second-order valence-corrected chi connectivity index (χ2v) is 5.13. The summed E-state index contributed by atoms with van der Waals surface area (Å²) in [6.45, 7) is 1.60. The lowest BCUT2D eigenvalue weighted by atomic mass is 10.1. The van der Waals surface area contributed by atoms with Crippen molar-refractivity contribution in [2.45, 2.75) is 22.9 Å². The van der Waals surface area contributed by atoms with E-state index in [-0.39, 0.29) is 5.82 Å². The van der Waals surface area contributed by atoms with Crippen LogP contribution in [0.4, 0.5) is 4.39 Å². The first kappa shape index (κ1) is 13.3. The maximum atomic E-state index is 13.8. The van der Waals surface area contributed by atoms with Gasteiger partial charge in [0.15, 0.2) is 0 Å². The van der Waals surface area contributed by atoms with Crippen molar-refractivity contribution < 1.29 is 9.50 Å². The Balaban J connectivity index is 2.43. The van der Waals surface area contributed by atoms with E-state index in [2.05, 4.69) is 4.98 Å². The Hall–Kier alpha value is -1.10. The summed E-state index contributed by atoms with van der Waals surface area (Å²) in [7, 11) is 0. The van der Waals surface area contributed by atoms with E-state index in [1.165, 1.54) is 6.07 Å². The van der Waals surface area contributed by atoms with Crippen LogP contribution in [0.2, 0.25) is 5.02 Å². The summed E-state index contributed by atoms with van der Waals surface area (Å²) in [5.41, 5.74) is 0.529. The Morgan fingerprint density at radius 3 is 2.78 bits per heavy atom. The van der Waals surface area contributed by atoms with Crippen molar-refractivity contribution in [3.05, 3.63) is 52.9 Å². The number of aliphatic hydroxyl groups is 1. The molecule has 0 saturated carbocycles. The minimum absolute atomic E-state index is 0.355. The average molecular weight is 284 g/mol. The number of benzene rings is 1. The summed E-state index contributed by atoms with van der Waals surface area (Å²) in [6.07, 6.45) is 0.850. The third-order valence-electron chi connectivity index (χ3n) is 2.37. The first-order valence-corrected chi connectivity index (χ1v) is 6.54. The smallest absolute Gasteiger partial charge is 0.137 e. The Morgan fingerprint density at radius 2 is 2.11 bits per heavy atom. The van der Waals surface area contributed by atoms with E-state index in [1.807, 2.05) is 0 Å². The minimum atomic E-state index is -0.745. The Morgan fingerprint density at radius 1 is 1.33 bits per heavy atom. The van der Waals surface area contributed by atoms with Crippen LogP contribution < -0.4 is 0 Å². The number of aliphatic hydroxyl groups excluding tert-OH is 1. The average Bonchev–Trinajstić information content (AvgIpc) is 2.34. The summed E-state index contributed by atoms with van der Waals surface area (Å²) < 4.78 is 13.8. The molecule has 1 aromatic carbocycles. The first-order valence-electron chi connectivity index (χ1n) is 5.34. The van der Waals surface area contributed by atoms with Gasteiger partial charge in [-0.25, -0.2) is 9.37 Å². The maximum absolute atomic E-state index is 13.8. The van der Waals surface area contributed by atoms with Crippen LogP contribution in [0.25, 0.3) is 0 Å². The number of hydrogen-bond donors (Lipinski definition) is 1. The Labute approximate surface area is 114 Å². The van der Waals surface area contributed by atoms with Gasteiger partial charge < -0.3 is 5.11 Å². The van der Waals surface area contributed by atoms with Gasteiger partial charge >= 0.3 is 0 Å². The molecule has 1 N–H and O–H groups in total. The van der Waals surface area contributed by atoms with Gasteiger partial charge in [-0.3, -0.25) is 0 Å². The van der Waals surface area contributed by atoms with Gasteiger partial charge in [0.2, 0.25) is 0 Å². The second-order valence-electron chi connectivity index (χ2n) is 3.73. The molecule has 1 atom stereocenters. The second kappa shape index (κ2) is 5.69. The molecule has 0 aliphatic carbocycles. The molecule has 0 fully saturated rings. The topological polar surface area (TPSA) is 33.1 Å². The van der Waals surface area contributed by atoms with Crippen LogP contribution in [0.3, 0.4) is 0 Å². The molecule has 1 heterocycles. The molecule has 1 aromatic heterocycles. The van der Waals surface area contributed by atoms with Gasteiger partial charge in [-0.2, -0.15) is 0 Å². The summed E-state index contributed by atoms with van der Waals surface area (Å²) >= 11 is 7.11. The minimum Gasteiger partial charge on any atom is -0.389 e. The van der Waals surface area contributed by atoms with Crippen molar-refractivity contribution in [2.75, 3.05) is 0 Å². The lowest BCUT2D eigenvalue weighted by molar-refractivity contribution is 0.195. The monoisotopic (exact) mass is 283 g/mol. The molecule has 2 aromatic rings. The van der Waals surface area contributed by atoms with E-state index in [1.54, 1.807) is 37.4 Å². The molecule has 5 heteroatoms. The number of aromatic nitrogens is 1. The lowest BCUT2D eigenvalue weighted by Crippen LogP contribution is -1.97. The summed E-state index contributed by atoms with van der Waals surface area (Å²) in [6, 6.07) is 8.02. The van der Waals surface area contributed by atoms with Crippen LogP contribution in [-0.2, 0) is 0 Å². The fourth-order valence-electron chi connectivity index (χ4n) is 1.51. The van der Waals surface area contributed by atoms with Crippen molar-refractivity contribution >= 4 is 23.4 Å². The number of halogens is 2. The SMILES string of the molecule is C[C@H](O)c1cccc(F)c1Sc1ncccc1Cl. The molecule has 94 valence electrons. The van der Waals surface area contributed by atoms with Gasteiger partial charge in [0, 0.05) is 6.20 Å². The fourth-order valence-corrected chi connectivity index (χ4v) is 2.74. The standard InChI is InChI=1S/C13H11ClFNOS/c1-8(17)9-4-2-6-11(15)12(9)18-13-10(14)5-3-7-16-13/h2-8,17H,1H3/t8-/m0/s1. The Kier molecular flexibility index (Phi) is 4.22. The zero-order valence-corrected chi connectivity index (χ0v) is 11.2. The van der Waals surface area contributed by atoms with Gasteiger partial charge in [-0.15, -0.1) is 0 Å². The predicted molar refractivity (Wildman–Crippen MR) is 70.4 cm³/mol.